The number of furan rings is 2. The highest BCUT2D eigenvalue weighted by Crippen LogP contribution is 2.46. The van der Waals surface area contributed by atoms with Crippen molar-refractivity contribution in [1.29, 1.82) is 0 Å². The van der Waals surface area contributed by atoms with Crippen LogP contribution in [0.3, 0.4) is 0 Å². The molecule has 0 aliphatic rings. The molecule has 0 bridgehead atoms. The third-order valence-electron chi connectivity index (χ3n) is 12.3. The molecule has 0 saturated heterocycles. The number of rotatable bonds is 5. The summed E-state index contributed by atoms with van der Waals surface area (Å²) < 4.78 is 15.8. The highest BCUT2D eigenvalue weighted by molar-refractivity contribution is 7.26. The van der Waals surface area contributed by atoms with Crippen molar-refractivity contribution in [2.24, 2.45) is 0 Å². The Balaban J connectivity index is 1.00. The minimum Gasteiger partial charge on any atom is -0.455 e. The van der Waals surface area contributed by atoms with Crippen LogP contribution in [0.5, 0.6) is 0 Å². The first-order valence-corrected chi connectivity index (χ1v) is 21.1. The lowest BCUT2D eigenvalue weighted by Gasteiger charge is -2.26. The average Bonchev–Trinajstić information content (AvgIpc) is 4.01. The van der Waals surface area contributed by atoms with Gasteiger partial charge in [-0.25, -0.2) is 0 Å². The van der Waals surface area contributed by atoms with Gasteiger partial charge in [-0.15, -0.1) is 11.3 Å². The lowest BCUT2D eigenvalue weighted by atomic mass is 9.96. The number of anilines is 3. The van der Waals surface area contributed by atoms with Gasteiger partial charge in [0, 0.05) is 58.7 Å². The Morgan fingerprint density at radius 2 is 0.900 bits per heavy atom. The first kappa shape index (κ1) is 33.3. The zero-order chi connectivity index (χ0) is 39.3. The Morgan fingerprint density at radius 1 is 0.350 bits per heavy atom. The van der Waals surface area contributed by atoms with Crippen molar-refractivity contribution >= 4 is 114 Å². The van der Waals surface area contributed by atoms with Crippen LogP contribution in [0.1, 0.15) is 0 Å². The maximum Gasteiger partial charge on any atom is 0.159 e. The lowest BCUT2D eigenvalue weighted by molar-refractivity contribution is 0.669. The van der Waals surface area contributed by atoms with E-state index >= 15 is 0 Å². The van der Waals surface area contributed by atoms with E-state index in [1.807, 2.05) is 29.5 Å². The quantitative estimate of drug-likeness (QED) is 0.163. The highest BCUT2D eigenvalue weighted by atomic mass is 32.1. The number of fused-ring (bicyclic) bond motifs is 12. The van der Waals surface area contributed by atoms with Gasteiger partial charge in [0.05, 0.1) is 5.69 Å². The summed E-state index contributed by atoms with van der Waals surface area (Å²) in [6.07, 6.45) is 0. The first-order chi connectivity index (χ1) is 29.7. The van der Waals surface area contributed by atoms with Gasteiger partial charge in [0.2, 0.25) is 0 Å². The second kappa shape index (κ2) is 12.9. The molecule has 0 spiro atoms. The molecular weight excluding hydrogens is 751 g/mol. The summed E-state index contributed by atoms with van der Waals surface area (Å²) in [7, 11) is 0. The van der Waals surface area contributed by atoms with E-state index in [9.17, 15) is 0 Å². The largest absolute Gasteiger partial charge is 0.455 e. The zero-order valence-corrected chi connectivity index (χ0v) is 33.0. The van der Waals surface area contributed by atoms with Gasteiger partial charge < -0.3 is 13.7 Å². The molecule has 0 amide bonds. The van der Waals surface area contributed by atoms with Crippen LogP contribution in [-0.2, 0) is 0 Å². The summed E-state index contributed by atoms with van der Waals surface area (Å²) in [5, 5.41) is 11.9. The Hall–Kier alpha value is -7.66. The van der Waals surface area contributed by atoms with Crippen LogP contribution in [0.2, 0.25) is 0 Å². The molecule has 0 unspecified atom stereocenters. The maximum atomic E-state index is 6.70. The van der Waals surface area contributed by atoms with E-state index in [-0.39, 0.29) is 0 Å². The van der Waals surface area contributed by atoms with Crippen LogP contribution in [-0.4, -0.2) is 0 Å². The summed E-state index contributed by atoms with van der Waals surface area (Å²) in [6.45, 7) is 0. The van der Waals surface area contributed by atoms with E-state index in [0.717, 1.165) is 72.1 Å². The molecule has 3 nitrogen and oxygen atoms in total. The van der Waals surface area contributed by atoms with E-state index in [1.54, 1.807) is 0 Å². The van der Waals surface area contributed by atoms with E-state index < -0.39 is 0 Å². The molecule has 4 heteroatoms. The monoisotopic (exact) mass is 783 g/mol. The molecule has 0 N–H and O–H groups in total. The summed E-state index contributed by atoms with van der Waals surface area (Å²) in [5.74, 6) is 0. The van der Waals surface area contributed by atoms with Crippen molar-refractivity contribution in [3.8, 4) is 22.3 Å². The van der Waals surface area contributed by atoms with E-state index in [1.165, 1.54) is 52.8 Å². The molecular formula is C56H33NO2S. The molecule has 3 heterocycles. The molecule has 280 valence electrons. The van der Waals surface area contributed by atoms with Crippen molar-refractivity contribution in [3.05, 3.63) is 200 Å². The molecule has 0 saturated carbocycles. The fraction of sp³-hybridized carbons (Fsp3) is 0. The summed E-state index contributed by atoms with van der Waals surface area (Å²) in [5.41, 5.74) is 11.2. The Labute approximate surface area is 348 Å². The second-order valence-electron chi connectivity index (χ2n) is 15.6. The SMILES string of the molecule is c1ccc2c(c1)oc1c(-c3ccc(N(c4ccc5ccc6ccc(-c7cccc8c7sc7ccccc78)cc6c5c4)c4cccc5c4oc4ccccc45)cc3)cccc12. The van der Waals surface area contributed by atoms with Gasteiger partial charge in [-0.05, 0) is 92.8 Å². The molecule has 0 fully saturated rings. The smallest absolute Gasteiger partial charge is 0.159 e. The fourth-order valence-corrected chi connectivity index (χ4v) is 10.7. The molecule has 0 radical (unpaired) electrons. The molecule has 0 atom stereocenters. The van der Waals surface area contributed by atoms with Crippen LogP contribution < -0.4 is 4.90 Å². The standard InChI is InChI=1S/C56H33NO2S/c1-4-19-51-42(10-1)45-15-7-13-40(54(45)58-51)34-26-29-38(30-27-34)57(50-18-9-16-46-43-11-2-5-20-52(43)59-55(46)50)39-31-28-36-23-22-35-24-25-37(32-48(35)49(36)33-39)41-14-8-17-47-44-12-3-6-21-53(44)60-56(41)47/h1-33H. The highest BCUT2D eigenvalue weighted by Gasteiger charge is 2.21. The normalized spacial score (nSPS) is 12.0. The van der Waals surface area contributed by atoms with Crippen molar-refractivity contribution in [3.63, 3.8) is 0 Å². The minimum atomic E-state index is 0.853. The van der Waals surface area contributed by atoms with E-state index in [4.69, 9.17) is 8.83 Å². The molecule has 13 rings (SSSR count). The molecule has 10 aromatic carbocycles. The van der Waals surface area contributed by atoms with Crippen LogP contribution in [0.4, 0.5) is 17.1 Å². The number of nitrogens with zero attached hydrogens (tertiary/aromatic N) is 1. The van der Waals surface area contributed by atoms with Crippen molar-refractivity contribution in [1.82, 2.24) is 0 Å². The Morgan fingerprint density at radius 3 is 1.68 bits per heavy atom. The van der Waals surface area contributed by atoms with Crippen LogP contribution in [0.25, 0.3) is 108 Å². The Kier molecular flexibility index (Phi) is 7.18. The van der Waals surface area contributed by atoms with Crippen molar-refractivity contribution in [2.75, 3.05) is 4.90 Å². The van der Waals surface area contributed by atoms with Crippen molar-refractivity contribution in [2.45, 2.75) is 0 Å². The molecule has 3 aromatic heterocycles. The number of hydrogen-bond donors (Lipinski definition) is 0. The predicted molar refractivity (Wildman–Crippen MR) is 254 cm³/mol. The van der Waals surface area contributed by atoms with Gasteiger partial charge in [-0.1, -0.05) is 146 Å². The number of hydrogen-bond acceptors (Lipinski definition) is 4. The van der Waals surface area contributed by atoms with Crippen LogP contribution in [0, 0.1) is 0 Å². The number of para-hydroxylation sites is 4. The molecule has 60 heavy (non-hydrogen) atoms. The van der Waals surface area contributed by atoms with Crippen LogP contribution in [0.15, 0.2) is 209 Å². The van der Waals surface area contributed by atoms with Gasteiger partial charge in [-0.2, -0.15) is 0 Å². The summed E-state index contributed by atoms with van der Waals surface area (Å²) in [4.78, 5) is 2.34. The maximum absolute atomic E-state index is 6.70. The van der Waals surface area contributed by atoms with E-state index in [0.29, 0.717) is 0 Å². The molecule has 13 aromatic rings. The third-order valence-corrected chi connectivity index (χ3v) is 13.5. The van der Waals surface area contributed by atoms with Gasteiger partial charge in [0.1, 0.15) is 16.7 Å². The fourth-order valence-electron chi connectivity index (χ4n) is 9.42. The van der Waals surface area contributed by atoms with Gasteiger partial charge in [0.15, 0.2) is 5.58 Å². The Bertz CT molecular complexity index is 3850. The zero-order valence-electron chi connectivity index (χ0n) is 32.2. The average molecular weight is 784 g/mol. The lowest BCUT2D eigenvalue weighted by Crippen LogP contribution is -2.10. The minimum absolute atomic E-state index is 0.853. The second-order valence-corrected chi connectivity index (χ2v) is 16.7. The van der Waals surface area contributed by atoms with Gasteiger partial charge >= 0.3 is 0 Å². The predicted octanol–water partition coefficient (Wildman–Crippen LogP) is 17.0. The first-order valence-electron chi connectivity index (χ1n) is 20.3. The van der Waals surface area contributed by atoms with Gasteiger partial charge in [0.25, 0.3) is 0 Å². The summed E-state index contributed by atoms with van der Waals surface area (Å²) >= 11 is 1.88. The number of benzene rings is 10. The molecule has 0 aliphatic heterocycles. The third kappa shape index (κ3) is 5.01. The number of thiophene rings is 1. The topological polar surface area (TPSA) is 29.5 Å². The summed E-state index contributed by atoms with van der Waals surface area (Å²) in [6, 6.07) is 72.0. The van der Waals surface area contributed by atoms with E-state index in [2.05, 4.69) is 187 Å². The molecule has 0 aliphatic carbocycles. The van der Waals surface area contributed by atoms with Gasteiger partial charge in [-0.3, -0.25) is 0 Å². The van der Waals surface area contributed by atoms with Crippen molar-refractivity contribution < 1.29 is 8.83 Å². The van der Waals surface area contributed by atoms with Crippen LogP contribution >= 0.6 is 11.3 Å².